The highest BCUT2D eigenvalue weighted by Gasteiger charge is 2.08. The first-order valence-corrected chi connectivity index (χ1v) is 7.21. The fraction of sp³-hybridized carbons (Fsp3) is 0.111. The largest absolute Gasteiger partial charge is 0.456 e. The molecule has 0 aliphatic carbocycles. The first-order valence-electron chi connectivity index (χ1n) is 7.21. The molecule has 3 rings (SSSR count). The number of amides is 1. The molecule has 0 aliphatic heterocycles. The Kier molecular flexibility index (Phi) is 4.21. The van der Waals surface area contributed by atoms with E-state index in [0.717, 1.165) is 0 Å². The summed E-state index contributed by atoms with van der Waals surface area (Å²) >= 11 is 0. The van der Waals surface area contributed by atoms with Gasteiger partial charge in [0.15, 0.2) is 5.43 Å². The molecule has 0 saturated carbocycles. The van der Waals surface area contributed by atoms with Crippen molar-refractivity contribution in [3.8, 4) is 11.3 Å². The second-order valence-corrected chi connectivity index (χ2v) is 5.03. The van der Waals surface area contributed by atoms with Crippen LogP contribution in [0.2, 0.25) is 0 Å². The van der Waals surface area contributed by atoms with Gasteiger partial charge in [-0.3, -0.25) is 9.59 Å². The lowest BCUT2D eigenvalue weighted by Crippen LogP contribution is -2.26. The number of nitrogens with one attached hydrogen (secondary N) is 1. The van der Waals surface area contributed by atoms with Gasteiger partial charge in [0.1, 0.15) is 11.3 Å². The van der Waals surface area contributed by atoms with Crippen LogP contribution in [0.4, 0.5) is 0 Å². The summed E-state index contributed by atoms with van der Waals surface area (Å²) in [7, 11) is 0. The molecule has 0 unspecified atom stereocenters. The molecule has 0 bridgehead atoms. The zero-order chi connectivity index (χ0) is 16.2. The van der Waals surface area contributed by atoms with Crippen LogP contribution in [0, 0.1) is 0 Å². The molecule has 0 atom stereocenters. The van der Waals surface area contributed by atoms with Gasteiger partial charge in [-0.1, -0.05) is 24.3 Å². The van der Waals surface area contributed by atoms with Gasteiger partial charge >= 0.3 is 0 Å². The minimum Gasteiger partial charge on any atom is -0.456 e. The van der Waals surface area contributed by atoms with Crippen molar-refractivity contribution in [2.24, 2.45) is 0 Å². The Balaban J connectivity index is 1.93. The summed E-state index contributed by atoms with van der Waals surface area (Å²) in [5, 5.41) is 11.8. The van der Waals surface area contributed by atoms with Gasteiger partial charge in [-0.05, 0) is 24.3 Å². The van der Waals surface area contributed by atoms with Gasteiger partial charge in [0, 0.05) is 23.7 Å². The quantitative estimate of drug-likeness (QED) is 0.774. The molecular formula is C18H15NO4. The fourth-order valence-electron chi connectivity index (χ4n) is 2.30. The van der Waals surface area contributed by atoms with E-state index in [2.05, 4.69) is 5.32 Å². The number of carbonyl (C=O) groups is 1. The normalized spacial score (nSPS) is 10.7. The van der Waals surface area contributed by atoms with E-state index in [0.29, 0.717) is 27.9 Å². The van der Waals surface area contributed by atoms with Crippen LogP contribution < -0.4 is 10.7 Å². The zero-order valence-corrected chi connectivity index (χ0v) is 12.3. The minimum absolute atomic E-state index is 0.105. The average Bonchev–Trinajstić information content (AvgIpc) is 2.60. The van der Waals surface area contributed by atoms with Crippen LogP contribution in [0.15, 0.2) is 63.8 Å². The van der Waals surface area contributed by atoms with Crippen LogP contribution in [-0.2, 0) is 0 Å². The molecule has 1 aromatic heterocycles. The van der Waals surface area contributed by atoms with Crippen LogP contribution in [0.3, 0.4) is 0 Å². The minimum atomic E-state index is -0.259. The molecule has 0 aliphatic rings. The van der Waals surface area contributed by atoms with Crippen molar-refractivity contribution in [3.05, 3.63) is 70.4 Å². The standard InChI is InChI=1S/C18H15NO4/c20-10-9-19-18(22)13-7-5-12(6-8-13)17-11-15(21)14-3-1-2-4-16(14)23-17/h1-8,11,20H,9-10H2,(H,19,22). The van der Waals surface area contributed by atoms with E-state index in [-0.39, 0.29) is 24.5 Å². The second-order valence-electron chi connectivity index (χ2n) is 5.03. The Morgan fingerprint density at radius 1 is 1.09 bits per heavy atom. The van der Waals surface area contributed by atoms with Crippen LogP contribution >= 0.6 is 0 Å². The smallest absolute Gasteiger partial charge is 0.251 e. The van der Waals surface area contributed by atoms with Gasteiger partial charge in [-0.25, -0.2) is 0 Å². The van der Waals surface area contributed by atoms with E-state index < -0.39 is 0 Å². The lowest BCUT2D eigenvalue weighted by molar-refractivity contribution is 0.0945. The van der Waals surface area contributed by atoms with Gasteiger partial charge in [0.25, 0.3) is 5.91 Å². The van der Waals surface area contributed by atoms with E-state index in [4.69, 9.17) is 9.52 Å². The van der Waals surface area contributed by atoms with Crippen LogP contribution in [0.1, 0.15) is 10.4 Å². The van der Waals surface area contributed by atoms with Gasteiger partial charge in [-0.2, -0.15) is 0 Å². The third-order valence-corrected chi connectivity index (χ3v) is 3.46. The third-order valence-electron chi connectivity index (χ3n) is 3.46. The first-order chi connectivity index (χ1) is 11.2. The number of hydrogen-bond donors (Lipinski definition) is 2. The molecule has 5 heteroatoms. The Labute approximate surface area is 132 Å². The van der Waals surface area contributed by atoms with Crippen molar-refractivity contribution >= 4 is 16.9 Å². The van der Waals surface area contributed by atoms with Gasteiger partial charge in [0.05, 0.1) is 12.0 Å². The molecule has 0 saturated heterocycles. The predicted octanol–water partition coefficient (Wildman–Crippen LogP) is 2.18. The SMILES string of the molecule is O=C(NCCO)c1ccc(-c2cc(=O)c3ccccc3o2)cc1. The molecule has 0 spiro atoms. The van der Waals surface area contributed by atoms with Gasteiger partial charge in [0.2, 0.25) is 0 Å². The van der Waals surface area contributed by atoms with Crippen molar-refractivity contribution in [2.75, 3.05) is 13.2 Å². The number of hydrogen-bond acceptors (Lipinski definition) is 4. The number of aliphatic hydroxyl groups excluding tert-OH is 1. The van der Waals surface area contributed by atoms with E-state index in [1.807, 2.05) is 6.07 Å². The molecule has 5 nitrogen and oxygen atoms in total. The summed E-state index contributed by atoms with van der Waals surface area (Å²) in [5.41, 5.74) is 1.61. The van der Waals surface area contributed by atoms with E-state index >= 15 is 0 Å². The van der Waals surface area contributed by atoms with Gasteiger partial charge < -0.3 is 14.8 Å². The molecule has 1 heterocycles. The molecule has 116 valence electrons. The third kappa shape index (κ3) is 3.14. The van der Waals surface area contributed by atoms with E-state index in [9.17, 15) is 9.59 Å². The van der Waals surface area contributed by atoms with Crippen molar-refractivity contribution in [1.82, 2.24) is 5.32 Å². The number of aliphatic hydroxyl groups is 1. The molecule has 23 heavy (non-hydrogen) atoms. The molecule has 2 N–H and O–H groups in total. The van der Waals surface area contributed by atoms with Crippen molar-refractivity contribution in [1.29, 1.82) is 0 Å². The molecule has 1 amide bonds. The number of fused-ring (bicyclic) bond motifs is 1. The van der Waals surface area contributed by atoms with Crippen LogP contribution in [0.25, 0.3) is 22.3 Å². The highest BCUT2D eigenvalue weighted by Crippen LogP contribution is 2.22. The van der Waals surface area contributed by atoms with Crippen molar-refractivity contribution < 1.29 is 14.3 Å². The molecule has 0 fully saturated rings. The lowest BCUT2D eigenvalue weighted by atomic mass is 10.1. The molecule has 3 aromatic rings. The highest BCUT2D eigenvalue weighted by atomic mass is 16.3. The van der Waals surface area contributed by atoms with E-state index in [1.165, 1.54) is 6.07 Å². The maximum atomic E-state index is 12.1. The fourth-order valence-corrected chi connectivity index (χ4v) is 2.30. The summed E-state index contributed by atoms with van der Waals surface area (Å²) < 4.78 is 5.76. The van der Waals surface area contributed by atoms with Crippen LogP contribution in [-0.4, -0.2) is 24.2 Å². The molecule has 0 radical (unpaired) electrons. The van der Waals surface area contributed by atoms with Crippen LogP contribution in [0.5, 0.6) is 0 Å². The number of carbonyl (C=O) groups excluding carboxylic acids is 1. The first kappa shape index (κ1) is 15.0. The zero-order valence-electron chi connectivity index (χ0n) is 12.3. The predicted molar refractivity (Wildman–Crippen MR) is 87.3 cm³/mol. The second kappa shape index (κ2) is 6.46. The lowest BCUT2D eigenvalue weighted by Gasteiger charge is -2.05. The van der Waals surface area contributed by atoms with E-state index in [1.54, 1.807) is 42.5 Å². The Morgan fingerprint density at radius 3 is 2.57 bits per heavy atom. The Bertz CT molecular complexity index is 897. The Morgan fingerprint density at radius 2 is 1.83 bits per heavy atom. The van der Waals surface area contributed by atoms with Crippen molar-refractivity contribution in [2.45, 2.75) is 0 Å². The Hall–Kier alpha value is -2.92. The molecule has 2 aromatic carbocycles. The van der Waals surface area contributed by atoms with Gasteiger partial charge in [-0.15, -0.1) is 0 Å². The number of para-hydroxylation sites is 1. The highest BCUT2D eigenvalue weighted by molar-refractivity contribution is 5.94. The monoisotopic (exact) mass is 309 g/mol. The summed E-state index contributed by atoms with van der Waals surface area (Å²) in [6.07, 6.45) is 0. The maximum absolute atomic E-state index is 12.1. The number of rotatable bonds is 4. The number of benzene rings is 2. The summed E-state index contributed by atoms with van der Waals surface area (Å²) in [6, 6.07) is 15.3. The molecular weight excluding hydrogens is 294 g/mol. The topological polar surface area (TPSA) is 79.5 Å². The maximum Gasteiger partial charge on any atom is 0.251 e. The summed E-state index contributed by atoms with van der Waals surface area (Å²) in [4.78, 5) is 23.9. The van der Waals surface area contributed by atoms with Crippen molar-refractivity contribution in [3.63, 3.8) is 0 Å². The summed E-state index contributed by atoms with van der Waals surface area (Å²) in [5.74, 6) is 0.196. The average molecular weight is 309 g/mol. The summed E-state index contributed by atoms with van der Waals surface area (Å²) in [6.45, 7) is 0.103.